The van der Waals surface area contributed by atoms with Gasteiger partial charge in [-0.2, -0.15) is 0 Å². The molecule has 3 amide bonds. The average Bonchev–Trinajstić information content (AvgIpc) is 3.54. The maximum absolute atomic E-state index is 13.9. The van der Waals surface area contributed by atoms with Crippen LogP contribution in [0.15, 0.2) is 57.7 Å². The minimum Gasteiger partial charge on any atom is -0.494 e. The number of carbonyl (C=O) groups is 4. The highest BCUT2D eigenvalue weighted by molar-refractivity contribution is 8.32. The summed E-state index contributed by atoms with van der Waals surface area (Å²) in [5.74, 6) is -0.938. The Morgan fingerprint density at radius 1 is 0.976 bits per heavy atom. The van der Waals surface area contributed by atoms with Gasteiger partial charge in [0, 0.05) is 28.9 Å². The highest BCUT2D eigenvalue weighted by Crippen LogP contribution is 2.58. The summed E-state index contributed by atoms with van der Waals surface area (Å²) in [5.41, 5.74) is 1.86. The lowest BCUT2D eigenvalue weighted by atomic mass is 9.83. The lowest BCUT2D eigenvalue weighted by molar-refractivity contribution is -0.142. The van der Waals surface area contributed by atoms with E-state index in [4.69, 9.17) is 21.7 Å². The molecule has 0 atom stereocenters. The first-order valence-corrected chi connectivity index (χ1v) is 15.7. The normalized spacial score (nSPS) is 19.9. The molecule has 3 heterocycles. The third-order valence-corrected chi connectivity index (χ3v) is 10.5. The number of nitrogens with zero attached hydrogens (tertiary/aromatic N) is 2. The lowest BCUT2D eigenvalue weighted by Crippen LogP contribution is -2.58. The zero-order valence-corrected chi connectivity index (χ0v) is 26.2. The van der Waals surface area contributed by atoms with Crippen LogP contribution in [0.25, 0.3) is 10.5 Å². The first kappa shape index (κ1) is 30.1. The maximum Gasteiger partial charge on any atom is 0.346 e. The Balaban J connectivity index is 1.64. The molecule has 3 aliphatic rings. The number of amides is 3. The van der Waals surface area contributed by atoms with Gasteiger partial charge in [0.15, 0.2) is 0 Å². The number of thioether (sulfide) groups is 2. The zero-order chi connectivity index (χ0) is 30.2. The van der Waals surface area contributed by atoms with E-state index in [2.05, 4.69) is 0 Å². The molecule has 0 spiro atoms. The predicted octanol–water partition coefficient (Wildman–Crippen LogP) is 5.81. The molecule has 42 heavy (non-hydrogen) atoms. The third-order valence-electron chi connectivity index (χ3n) is 7.13. The number of hydrogen-bond acceptors (Lipinski definition) is 9. The van der Waals surface area contributed by atoms with E-state index in [9.17, 15) is 19.2 Å². The second kappa shape index (κ2) is 12.1. The summed E-state index contributed by atoms with van der Waals surface area (Å²) < 4.78 is 12.0. The summed E-state index contributed by atoms with van der Waals surface area (Å²) in [6.07, 6.45) is 0.207. The first-order chi connectivity index (χ1) is 20.1. The molecular formula is C31H30N2O6S3. The fourth-order valence-electron chi connectivity index (χ4n) is 5.16. The molecule has 218 valence electrons. The van der Waals surface area contributed by atoms with Gasteiger partial charge in [0.1, 0.15) is 17.2 Å². The quantitative estimate of drug-likeness (QED) is 0.164. The van der Waals surface area contributed by atoms with E-state index in [0.29, 0.717) is 33.4 Å². The Kier molecular flexibility index (Phi) is 8.63. The minimum atomic E-state index is -0.999. The molecule has 2 aromatic carbocycles. The zero-order valence-electron chi connectivity index (χ0n) is 23.7. The van der Waals surface area contributed by atoms with Crippen molar-refractivity contribution in [2.24, 2.45) is 0 Å². The van der Waals surface area contributed by atoms with Crippen LogP contribution in [0.3, 0.4) is 0 Å². The van der Waals surface area contributed by atoms with Crippen LogP contribution in [0, 0.1) is 0 Å². The van der Waals surface area contributed by atoms with Gasteiger partial charge in [-0.05, 0) is 51.5 Å². The molecule has 3 aliphatic heterocycles. The van der Waals surface area contributed by atoms with Gasteiger partial charge >= 0.3 is 5.97 Å². The topological polar surface area (TPSA) is 93.2 Å². The highest BCUT2D eigenvalue weighted by atomic mass is 32.2. The first-order valence-electron chi connectivity index (χ1n) is 13.6. The molecule has 11 heteroatoms. The monoisotopic (exact) mass is 622 g/mol. The van der Waals surface area contributed by atoms with Crippen molar-refractivity contribution in [1.29, 1.82) is 0 Å². The SMILES string of the molecule is CCOC(=O)C1=C(c2ccccc2)S/C(=C2\C(=S)C(C)(C)N(C(=O)CN3C(=O)CCC3=O)c3ccc(OCC)cc32)S1. The second-order valence-corrected chi connectivity index (χ2v) is 12.9. The number of imide groups is 1. The van der Waals surface area contributed by atoms with Gasteiger partial charge in [0.25, 0.3) is 0 Å². The Morgan fingerprint density at radius 2 is 1.67 bits per heavy atom. The van der Waals surface area contributed by atoms with Crippen LogP contribution < -0.4 is 9.64 Å². The molecule has 0 unspecified atom stereocenters. The molecule has 1 saturated heterocycles. The number of hydrogen-bond donors (Lipinski definition) is 0. The molecule has 0 bridgehead atoms. The molecule has 0 N–H and O–H groups in total. The molecule has 5 rings (SSSR count). The van der Waals surface area contributed by atoms with Crippen LogP contribution in [0.1, 0.15) is 51.7 Å². The fraction of sp³-hybridized carbons (Fsp3) is 0.323. The van der Waals surface area contributed by atoms with Crippen LogP contribution >= 0.6 is 35.7 Å². The smallest absolute Gasteiger partial charge is 0.346 e. The summed E-state index contributed by atoms with van der Waals surface area (Å²) in [7, 11) is 0. The summed E-state index contributed by atoms with van der Waals surface area (Å²) in [6.45, 7) is 7.68. The molecule has 8 nitrogen and oxygen atoms in total. The second-order valence-electron chi connectivity index (χ2n) is 10.2. The van der Waals surface area contributed by atoms with Crippen molar-refractivity contribution >= 4 is 80.5 Å². The third kappa shape index (κ3) is 5.41. The summed E-state index contributed by atoms with van der Waals surface area (Å²) in [5, 5.41) is 0. The van der Waals surface area contributed by atoms with Gasteiger partial charge in [-0.3, -0.25) is 24.2 Å². The summed E-state index contributed by atoms with van der Waals surface area (Å²) in [6, 6.07) is 15.1. The number of esters is 1. The molecule has 1 fully saturated rings. The largest absolute Gasteiger partial charge is 0.494 e. The number of likely N-dealkylation sites (tertiary alicyclic amines) is 1. The van der Waals surface area contributed by atoms with Crippen molar-refractivity contribution in [2.45, 2.75) is 46.1 Å². The van der Waals surface area contributed by atoms with E-state index in [1.54, 1.807) is 24.0 Å². The number of ether oxygens (including phenoxy) is 2. The van der Waals surface area contributed by atoms with Crippen molar-refractivity contribution in [3.05, 3.63) is 68.8 Å². The highest BCUT2D eigenvalue weighted by Gasteiger charge is 2.47. The van der Waals surface area contributed by atoms with Gasteiger partial charge in [0.2, 0.25) is 17.7 Å². The Hall–Kier alpha value is -3.41. The van der Waals surface area contributed by atoms with E-state index in [1.807, 2.05) is 57.2 Å². The Morgan fingerprint density at radius 3 is 2.31 bits per heavy atom. The average molecular weight is 623 g/mol. The van der Waals surface area contributed by atoms with E-state index in [-0.39, 0.29) is 37.8 Å². The van der Waals surface area contributed by atoms with Gasteiger partial charge in [-0.15, -0.1) is 0 Å². The van der Waals surface area contributed by atoms with Crippen LogP contribution in [-0.4, -0.2) is 58.8 Å². The van der Waals surface area contributed by atoms with E-state index < -0.39 is 17.4 Å². The summed E-state index contributed by atoms with van der Waals surface area (Å²) in [4.78, 5) is 56.0. The van der Waals surface area contributed by atoms with E-state index >= 15 is 0 Å². The van der Waals surface area contributed by atoms with Gasteiger partial charge in [0.05, 0.1) is 33.5 Å². The predicted molar refractivity (Wildman–Crippen MR) is 170 cm³/mol. The Bertz CT molecular complexity index is 1550. The molecular weight excluding hydrogens is 593 g/mol. The van der Waals surface area contributed by atoms with Crippen molar-refractivity contribution in [3.63, 3.8) is 0 Å². The fourth-order valence-corrected chi connectivity index (χ4v) is 8.29. The molecule has 0 radical (unpaired) electrons. The number of fused-ring (bicyclic) bond motifs is 1. The van der Waals surface area contributed by atoms with E-state index in [0.717, 1.165) is 25.2 Å². The van der Waals surface area contributed by atoms with E-state index in [1.165, 1.54) is 23.5 Å². The number of carbonyl (C=O) groups excluding carboxylic acids is 4. The maximum atomic E-state index is 13.9. The van der Waals surface area contributed by atoms with Crippen LogP contribution in [-0.2, 0) is 23.9 Å². The van der Waals surface area contributed by atoms with Crippen molar-refractivity contribution in [3.8, 4) is 5.75 Å². The Labute approximate surface area is 258 Å². The van der Waals surface area contributed by atoms with Crippen molar-refractivity contribution in [2.75, 3.05) is 24.7 Å². The minimum absolute atomic E-state index is 0.104. The van der Waals surface area contributed by atoms with Crippen LogP contribution in [0.2, 0.25) is 0 Å². The standard InChI is InChI=1S/C31H30N2O6S3/c1-5-38-19-12-13-21-20(16-19)25(28(40)31(3,4)33(21)24(36)17-32-22(34)14-15-23(32)35)30-41-26(18-10-8-7-9-11-18)27(42-30)29(37)39-6-2/h7-13,16H,5-6,14-15,17H2,1-4H3/b30-25+. The molecule has 0 aromatic heterocycles. The van der Waals surface area contributed by atoms with Gasteiger partial charge < -0.3 is 9.47 Å². The number of benzene rings is 2. The number of anilines is 1. The van der Waals surface area contributed by atoms with Crippen molar-refractivity contribution in [1.82, 2.24) is 4.90 Å². The van der Waals surface area contributed by atoms with Crippen LogP contribution in [0.4, 0.5) is 5.69 Å². The van der Waals surface area contributed by atoms with Gasteiger partial charge in [-0.1, -0.05) is 66.1 Å². The van der Waals surface area contributed by atoms with Crippen LogP contribution in [0.5, 0.6) is 5.75 Å². The lowest BCUT2D eigenvalue weighted by Gasteiger charge is -2.45. The van der Waals surface area contributed by atoms with Crippen molar-refractivity contribution < 1.29 is 28.7 Å². The number of thiocarbonyl (C=S) groups is 1. The molecule has 0 aliphatic carbocycles. The number of rotatable bonds is 7. The van der Waals surface area contributed by atoms with Gasteiger partial charge in [-0.25, -0.2) is 4.79 Å². The molecule has 0 saturated carbocycles. The summed E-state index contributed by atoms with van der Waals surface area (Å²) >= 11 is 8.88. The molecule has 2 aromatic rings.